The number of morpholine rings is 1. The number of ether oxygens (including phenoxy) is 1. The Morgan fingerprint density at radius 2 is 2.03 bits per heavy atom. The number of aryl methyl sites for hydroxylation is 1. The SMILES string of the molecule is Cc1sc2ncn(CC(=O)N3CCCC(C)C3)c(=O)c2c1S(=O)(=O)N1CCOCC1. The summed E-state index contributed by atoms with van der Waals surface area (Å²) in [5, 5.41) is 0.0753. The molecule has 0 N–H and O–H groups in total. The Kier molecular flexibility index (Phi) is 5.97. The van der Waals surface area contributed by atoms with E-state index < -0.39 is 15.6 Å². The van der Waals surface area contributed by atoms with Gasteiger partial charge in [0.05, 0.1) is 24.9 Å². The fraction of sp³-hybridized carbons (Fsp3) is 0.632. The van der Waals surface area contributed by atoms with Crippen molar-refractivity contribution in [1.82, 2.24) is 18.8 Å². The van der Waals surface area contributed by atoms with E-state index in [1.54, 1.807) is 11.8 Å². The summed E-state index contributed by atoms with van der Waals surface area (Å²) in [6, 6.07) is 0. The van der Waals surface area contributed by atoms with Gasteiger partial charge in [0.15, 0.2) is 0 Å². The highest BCUT2D eigenvalue weighted by molar-refractivity contribution is 7.89. The standard InChI is InChI=1S/C19H26N4O5S2/c1-13-4-3-5-21(10-13)15(24)11-22-12-20-18-16(19(22)25)17(14(2)29-18)30(26,27)23-6-8-28-9-7-23/h12-13H,3-11H2,1-2H3. The van der Waals surface area contributed by atoms with Gasteiger partial charge in [-0.2, -0.15) is 4.31 Å². The van der Waals surface area contributed by atoms with Crippen molar-refractivity contribution in [2.45, 2.75) is 38.1 Å². The molecule has 1 atom stereocenters. The zero-order valence-electron chi connectivity index (χ0n) is 17.2. The molecule has 1 unspecified atom stereocenters. The molecule has 4 rings (SSSR count). The summed E-state index contributed by atoms with van der Waals surface area (Å²) in [6.07, 6.45) is 3.38. The molecule has 0 saturated carbocycles. The number of rotatable bonds is 4. The van der Waals surface area contributed by atoms with Crippen LogP contribution in [0.3, 0.4) is 0 Å². The van der Waals surface area contributed by atoms with Gasteiger partial charge in [-0.3, -0.25) is 14.2 Å². The second-order valence-corrected chi connectivity index (χ2v) is 11.0. The van der Waals surface area contributed by atoms with Crippen molar-refractivity contribution < 1.29 is 17.9 Å². The molecule has 0 radical (unpaired) electrons. The maximum absolute atomic E-state index is 13.3. The van der Waals surface area contributed by atoms with Crippen molar-refractivity contribution in [2.75, 3.05) is 39.4 Å². The third-order valence-corrected chi connectivity index (χ3v) is 8.90. The topological polar surface area (TPSA) is 102 Å². The molecule has 2 fully saturated rings. The van der Waals surface area contributed by atoms with E-state index in [0.717, 1.165) is 12.8 Å². The molecule has 4 heterocycles. The van der Waals surface area contributed by atoms with Gasteiger partial charge < -0.3 is 9.64 Å². The number of nitrogens with zero attached hydrogens (tertiary/aromatic N) is 4. The minimum atomic E-state index is -3.86. The highest BCUT2D eigenvalue weighted by Gasteiger charge is 2.33. The Morgan fingerprint density at radius 1 is 1.30 bits per heavy atom. The van der Waals surface area contributed by atoms with Crippen LogP contribution in [0, 0.1) is 12.8 Å². The molecule has 11 heteroatoms. The first kappa shape index (κ1) is 21.4. The van der Waals surface area contributed by atoms with E-state index in [1.165, 1.54) is 26.5 Å². The van der Waals surface area contributed by atoms with Crippen molar-refractivity contribution in [3.63, 3.8) is 0 Å². The Hall–Kier alpha value is -1.82. The maximum atomic E-state index is 13.3. The van der Waals surface area contributed by atoms with Gasteiger partial charge >= 0.3 is 0 Å². The third kappa shape index (κ3) is 3.91. The predicted octanol–water partition coefficient (Wildman–Crippen LogP) is 1.05. The van der Waals surface area contributed by atoms with Gasteiger partial charge in [-0.25, -0.2) is 13.4 Å². The van der Waals surface area contributed by atoms with Crippen molar-refractivity contribution in [3.8, 4) is 0 Å². The molecule has 0 aromatic carbocycles. The van der Waals surface area contributed by atoms with E-state index in [1.807, 2.05) is 0 Å². The van der Waals surface area contributed by atoms with E-state index in [-0.39, 0.29) is 35.8 Å². The van der Waals surface area contributed by atoms with Crippen LogP contribution in [0.2, 0.25) is 0 Å². The number of likely N-dealkylation sites (tertiary alicyclic amines) is 1. The average Bonchev–Trinajstić information content (AvgIpc) is 3.08. The third-order valence-electron chi connectivity index (χ3n) is 5.68. The monoisotopic (exact) mass is 454 g/mol. The van der Waals surface area contributed by atoms with Crippen LogP contribution in [0.1, 0.15) is 24.6 Å². The van der Waals surface area contributed by atoms with Gasteiger partial charge in [-0.15, -0.1) is 11.3 Å². The van der Waals surface area contributed by atoms with Crippen LogP contribution < -0.4 is 5.56 Å². The summed E-state index contributed by atoms with van der Waals surface area (Å²) >= 11 is 1.18. The number of sulfonamides is 1. The Balaban J connectivity index is 1.71. The highest BCUT2D eigenvalue weighted by Crippen LogP contribution is 2.33. The van der Waals surface area contributed by atoms with Crippen molar-refractivity contribution in [2.24, 2.45) is 5.92 Å². The lowest BCUT2D eigenvalue weighted by molar-refractivity contribution is -0.133. The fourth-order valence-electron chi connectivity index (χ4n) is 4.11. The van der Waals surface area contributed by atoms with Gasteiger partial charge in [0.2, 0.25) is 15.9 Å². The molecule has 0 spiro atoms. The zero-order chi connectivity index (χ0) is 21.5. The fourth-order valence-corrected chi connectivity index (χ4v) is 7.19. The smallest absolute Gasteiger partial charge is 0.263 e. The van der Waals surface area contributed by atoms with E-state index in [2.05, 4.69) is 11.9 Å². The number of fused-ring (bicyclic) bond motifs is 1. The van der Waals surface area contributed by atoms with Crippen LogP contribution in [0.4, 0.5) is 0 Å². The Bertz CT molecular complexity index is 1120. The number of aromatic nitrogens is 2. The summed E-state index contributed by atoms with van der Waals surface area (Å²) in [5.41, 5.74) is -0.491. The van der Waals surface area contributed by atoms with Crippen LogP contribution in [0.15, 0.2) is 16.0 Å². The highest BCUT2D eigenvalue weighted by atomic mass is 32.2. The molecule has 2 aliphatic heterocycles. The number of hydrogen-bond donors (Lipinski definition) is 0. The van der Waals surface area contributed by atoms with Crippen molar-refractivity contribution in [1.29, 1.82) is 0 Å². The second-order valence-electron chi connectivity index (χ2n) is 7.95. The van der Waals surface area contributed by atoms with Gasteiger partial charge in [-0.05, 0) is 25.7 Å². The predicted molar refractivity (Wildman–Crippen MR) is 113 cm³/mol. The summed E-state index contributed by atoms with van der Waals surface area (Å²) in [7, 11) is -3.86. The molecule has 2 saturated heterocycles. The van der Waals surface area contributed by atoms with Gasteiger partial charge in [0.25, 0.3) is 5.56 Å². The number of carbonyl (C=O) groups excluding carboxylic acids is 1. The molecule has 1 amide bonds. The van der Waals surface area contributed by atoms with Crippen LogP contribution in [-0.2, 0) is 26.1 Å². The van der Waals surface area contributed by atoms with Gasteiger partial charge in [0, 0.05) is 31.1 Å². The maximum Gasteiger partial charge on any atom is 0.263 e. The molecule has 2 aromatic heterocycles. The van der Waals surface area contributed by atoms with E-state index in [0.29, 0.717) is 41.9 Å². The molecule has 2 aliphatic rings. The van der Waals surface area contributed by atoms with E-state index in [9.17, 15) is 18.0 Å². The van der Waals surface area contributed by atoms with Crippen LogP contribution in [0.25, 0.3) is 10.2 Å². The number of piperidine rings is 1. The molecule has 9 nitrogen and oxygen atoms in total. The first-order valence-corrected chi connectivity index (χ1v) is 12.4. The number of carbonyl (C=O) groups is 1. The minimum absolute atomic E-state index is 0.00953. The van der Waals surface area contributed by atoms with Crippen molar-refractivity contribution in [3.05, 3.63) is 21.6 Å². The normalized spacial score (nSPS) is 21.3. The summed E-state index contributed by atoms with van der Waals surface area (Å²) in [6.45, 7) is 6.16. The molecule has 0 aliphatic carbocycles. The molecule has 2 aromatic rings. The number of amides is 1. The molecular weight excluding hydrogens is 428 g/mol. The van der Waals surface area contributed by atoms with Gasteiger partial charge in [0.1, 0.15) is 16.3 Å². The summed E-state index contributed by atoms with van der Waals surface area (Å²) < 4.78 is 34.4. The van der Waals surface area contributed by atoms with Crippen LogP contribution in [-0.4, -0.2) is 72.5 Å². The van der Waals surface area contributed by atoms with Crippen LogP contribution >= 0.6 is 11.3 Å². The lowest BCUT2D eigenvalue weighted by atomic mass is 10.0. The first-order chi connectivity index (χ1) is 14.3. The van der Waals surface area contributed by atoms with Crippen LogP contribution in [0.5, 0.6) is 0 Å². The number of thiophene rings is 1. The molecular formula is C19H26N4O5S2. The quantitative estimate of drug-likeness (QED) is 0.684. The lowest BCUT2D eigenvalue weighted by Gasteiger charge is -2.31. The lowest BCUT2D eigenvalue weighted by Crippen LogP contribution is -2.42. The average molecular weight is 455 g/mol. The zero-order valence-corrected chi connectivity index (χ0v) is 18.8. The van der Waals surface area contributed by atoms with Gasteiger partial charge in [-0.1, -0.05) is 6.92 Å². The Labute approximate surface area is 179 Å². The minimum Gasteiger partial charge on any atom is -0.379 e. The van der Waals surface area contributed by atoms with Crippen molar-refractivity contribution >= 4 is 37.5 Å². The number of hydrogen-bond acceptors (Lipinski definition) is 7. The molecule has 30 heavy (non-hydrogen) atoms. The van der Waals surface area contributed by atoms with E-state index in [4.69, 9.17) is 4.74 Å². The molecule has 0 bridgehead atoms. The summed E-state index contributed by atoms with van der Waals surface area (Å²) in [4.78, 5) is 32.9. The second kappa shape index (κ2) is 8.37. The first-order valence-electron chi connectivity index (χ1n) is 10.1. The summed E-state index contributed by atoms with van der Waals surface area (Å²) in [5.74, 6) is 0.291. The Morgan fingerprint density at radius 3 is 2.73 bits per heavy atom. The molecule has 164 valence electrons. The largest absolute Gasteiger partial charge is 0.379 e. The van der Waals surface area contributed by atoms with E-state index >= 15 is 0 Å².